The van der Waals surface area contributed by atoms with Crippen molar-refractivity contribution in [1.29, 1.82) is 0 Å². The van der Waals surface area contributed by atoms with Gasteiger partial charge in [-0.25, -0.2) is 4.57 Å². The van der Waals surface area contributed by atoms with Crippen molar-refractivity contribution in [2.45, 2.75) is 290 Å². The van der Waals surface area contributed by atoms with Crippen LogP contribution in [-0.2, 0) is 42.2 Å². The zero-order valence-corrected chi connectivity index (χ0v) is 47.3. The number of hydrogen-bond acceptors (Lipinski definition) is 10. The van der Waals surface area contributed by atoms with E-state index in [-0.39, 0.29) is 25.9 Å². The van der Waals surface area contributed by atoms with Crippen molar-refractivity contribution < 1.29 is 52.2 Å². The molecule has 0 bridgehead atoms. The number of rotatable bonds is 55. The highest BCUT2D eigenvalue weighted by Gasteiger charge is 2.28. The molecule has 72 heavy (non-hydrogen) atoms. The van der Waals surface area contributed by atoms with Gasteiger partial charge in [0, 0.05) is 19.3 Å². The van der Waals surface area contributed by atoms with Gasteiger partial charge in [-0.1, -0.05) is 211 Å². The number of esters is 3. The van der Waals surface area contributed by atoms with Crippen LogP contribution in [0.15, 0.2) is 48.6 Å². The second kappa shape index (κ2) is 54.7. The average molecular weight is 1040 g/mol. The zero-order valence-electron chi connectivity index (χ0n) is 46.4. The molecule has 420 valence electrons. The molecular formula is C60H109O11P. The van der Waals surface area contributed by atoms with E-state index in [1.165, 1.54) is 116 Å². The molecule has 2 N–H and O–H groups in total. The summed E-state index contributed by atoms with van der Waals surface area (Å²) in [6.45, 7) is 4.56. The van der Waals surface area contributed by atoms with Gasteiger partial charge in [-0.3, -0.25) is 23.4 Å². The SMILES string of the molecule is CCC/C=C\C/C=C\CCCCCCCC(=O)OC(CO)COP(=O)(O)OCC(COC(=O)CCCCCCC/C=C\CCCCCC)OC(=O)CCCCCCCCCCC/C=C\CCCCCCCC. The highest BCUT2D eigenvalue weighted by atomic mass is 31.2. The molecule has 0 aliphatic rings. The van der Waals surface area contributed by atoms with E-state index in [4.69, 9.17) is 23.3 Å². The Morgan fingerprint density at radius 2 is 0.708 bits per heavy atom. The first-order valence-electron chi connectivity index (χ1n) is 29.5. The fourth-order valence-electron chi connectivity index (χ4n) is 8.15. The first kappa shape index (κ1) is 69.4. The lowest BCUT2D eigenvalue weighted by Gasteiger charge is -2.21. The number of unbranched alkanes of at least 4 members (excludes halogenated alkanes) is 30. The van der Waals surface area contributed by atoms with Crippen LogP contribution in [0, 0.1) is 0 Å². The van der Waals surface area contributed by atoms with Gasteiger partial charge in [-0.15, -0.1) is 0 Å². The summed E-state index contributed by atoms with van der Waals surface area (Å²) in [5, 5.41) is 9.80. The molecule has 0 aromatic rings. The van der Waals surface area contributed by atoms with Gasteiger partial charge in [0.2, 0.25) is 0 Å². The van der Waals surface area contributed by atoms with Gasteiger partial charge < -0.3 is 24.2 Å². The highest BCUT2D eigenvalue weighted by Crippen LogP contribution is 2.43. The first-order chi connectivity index (χ1) is 35.2. The number of phosphoric ester groups is 1. The van der Waals surface area contributed by atoms with E-state index < -0.39 is 57.8 Å². The monoisotopic (exact) mass is 1040 g/mol. The molecule has 0 heterocycles. The lowest BCUT2D eigenvalue weighted by molar-refractivity contribution is -0.161. The topological polar surface area (TPSA) is 155 Å². The van der Waals surface area contributed by atoms with Crippen molar-refractivity contribution >= 4 is 25.7 Å². The van der Waals surface area contributed by atoms with Gasteiger partial charge in [-0.05, 0) is 96.3 Å². The maximum absolute atomic E-state index is 12.9. The number of hydrogen-bond donors (Lipinski definition) is 2. The number of carbonyl (C=O) groups is 3. The van der Waals surface area contributed by atoms with Gasteiger partial charge >= 0.3 is 25.7 Å². The van der Waals surface area contributed by atoms with Gasteiger partial charge in [-0.2, -0.15) is 0 Å². The van der Waals surface area contributed by atoms with E-state index in [2.05, 4.69) is 69.4 Å². The molecular weight excluding hydrogens is 928 g/mol. The van der Waals surface area contributed by atoms with Crippen molar-refractivity contribution in [3.63, 3.8) is 0 Å². The molecule has 3 atom stereocenters. The minimum absolute atomic E-state index is 0.161. The Morgan fingerprint density at radius 3 is 1.11 bits per heavy atom. The summed E-state index contributed by atoms with van der Waals surface area (Å²) in [6, 6.07) is 0. The predicted molar refractivity (Wildman–Crippen MR) is 298 cm³/mol. The molecule has 11 nitrogen and oxygen atoms in total. The fourth-order valence-corrected chi connectivity index (χ4v) is 8.93. The van der Waals surface area contributed by atoms with E-state index in [0.29, 0.717) is 19.3 Å². The normalized spacial score (nSPS) is 13.7. The molecule has 0 saturated heterocycles. The summed E-state index contributed by atoms with van der Waals surface area (Å²) in [5.74, 6) is -1.48. The summed E-state index contributed by atoms with van der Waals surface area (Å²) >= 11 is 0. The van der Waals surface area contributed by atoms with Crippen molar-refractivity contribution in [2.75, 3.05) is 26.4 Å². The Balaban J connectivity index is 4.70. The predicted octanol–water partition coefficient (Wildman–Crippen LogP) is 17.4. The molecule has 0 saturated carbocycles. The standard InChI is InChI=1S/C60H109O11P/c1-4-7-10-13-16-19-22-25-26-27-28-29-30-33-36-39-42-45-48-51-60(64)71-57(53-67-58(62)49-46-43-40-37-34-31-23-20-17-14-11-8-5-2)55-69-72(65,66)68-54-56(52-61)70-59(63)50-47-44-41-38-35-32-24-21-18-15-12-9-6-3/h12,15,20-21,23-26,56-57,61H,4-11,13-14,16-19,22,27-55H2,1-3H3,(H,65,66)/b15-12-,23-20-,24-21-,26-25-. The maximum atomic E-state index is 12.9. The lowest BCUT2D eigenvalue weighted by atomic mass is 10.1. The summed E-state index contributed by atoms with van der Waals surface area (Å²) in [6.07, 6.45) is 57.8. The number of allylic oxidation sites excluding steroid dienone is 8. The molecule has 0 spiro atoms. The molecule has 0 radical (unpaired) electrons. The number of ether oxygens (including phenoxy) is 3. The average Bonchev–Trinajstić information content (AvgIpc) is 3.37. The van der Waals surface area contributed by atoms with Gasteiger partial charge in [0.25, 0.3) is 0 Å². The molecule has 0 aliphatic heterocycles. The van der Waals surface area contributed by atoms with Crippen molar-refractivity contribution in [2.24, 2.45) is 0 Å². The Kier molecular flexibility index (Phi) is 52.7. The Labute approximate surface area is 441 Å². The third-order valence-corrected chi connectivity index (χ3v) is 13.6. The van der Waals surface area contributed by atoms with Crippen LogP contribution in [0.5, 0.6) is 0 Å². The van der Waals surface area contributed by atoms with Gasteiger partial charge in [0.15, 0.2) is 6.10 Å². The first-order valence-corrected chi connectivity index (χ1v) is 31.0. The molecule has 3 unspecified atom stereocenters. The van der Waals surface area contributed by atoms with E-state index >= 15 is 0 Å². The summed E-state index contributed by atoms with van der Waals surface area (Å²) in [4.78, 5) is 48.5. The molecule has 0 rings (SSSR count). The van der Waals surface area contributed by atoms with E-state index in [0.717, 1.165) is 103 Å². The van der Waals surface area contributed by atoms with Crippen LogP contribution in [0.4, 0.5) is 0 Å². The summed E-state index contributed by atoms with van der Waals surface area (Å²) in [5.41, 5.74) is 0. The number of aliphatic hydroxyl groups is 1. The number of phosphoric acid groups is 1. The second-order valence-corrected chi connectivity index (χ2v) is 21.3. The van der Waals surface area contributed by atoms with E-state index in [1.54, 1.807) is 0 Å². The van der Waals surface area contributed by atoms with Crippen LogP contribution in [0.2, 0.25) is 0 Å². The maximum Gasteiger partial charge on any atom is 0.472 e. The molecule has 12 heteroatoms. The molecule has 0 fully saturated rings. The Hall–Kier alpha value is -2.56. The minimum Gasteiger partial charge on any atom is -0.462 e. The van der Waals surface area contributed by atoms with Crippen LogP contribution in [0.1, 0.15) is 278 Å². The smallest absolute Gasteiger partial charge is 0.462 e. The lowest BCUT2D eigenvalue weighted by Crippen LogP contribution is -2.30. The fraction of sp³-hybridized carbons (Fsp3) is 0.817. The van der Waals surface area contributed by atoms with Crippen LogP contribution in [0.3, 0.4) is 0 Å². The number of carbonyl (C=O) groups excluding carboxylic acids is 3. The molecule has 0 aromatic heterocycles. The van der Waals surface area contributed by atoms with Gasteiger partial charge in [0.1, 0.15) is 12.7 Å². The third-order valence-electron chi connectivity index (χ3n) is 12.7. The second-order valence-electron chi connectivity index (χ2n) is 19.8. The highest BCUT2D eigenvalue weighted by molar-refractivity contribution is 7.47. The minimum atomic E-state index is -4.75. The van der Waals surface area contributed by atoms with Crippen LogP contribution < -0.4 is 0 Å². The molecule has 0 aliphatic carbocycles. The van der Waals surface area contributed by atoms with Gasteiger partial charge in [0.05, 0.1) is 19.8 Å². The van der Waals surface area contributed by atoms with Crippen LogP contribution in [-0.4, -0.2) is 66.5 Å². The summed E-state index contributed by atoms with van der Waals surface area (Å²) in [7, 11) is -4.75. The molecule has 0 aromatic carbocycles. The number of aliphatic hydroxyl groups excluding tert-OH is 1. The van der Waals surface area contributed by atoms with Crippen molar-refractivity contribution in [3.05, 3.63) is 48.6 Å². The van der Waals surface area contributed by atoms with Crippen LogP contribution in [0.25, 0.3) is 0 Å². The summed E-state index contributed by atoms with van der Waals surface area (Å²) < 4.78 is 39.5. The quantitative estimate of drug-likeness (QED) is 0.0197. The Bertz CT molecular complexity index is 1400. The largest absolute Gasteiger partial charge is 0.472 e. The van der Waals surface area contributed by atoms with E-state index in [1.807, 2.05) is 0 Å². The molecule has 0 amide bonds. The zero-order chi connectivity index (χ0) is 52.7. The van der Waals surface area contributed by atoms with E-state index in [9.17, 15) is 28.9 Å². The van der Waals surface area contributed by atoms with Crippen molar-refractivity contribution in [3.8, 4) is 0 Å². The third kappa shape index (κ3) is 52.3. The van der Waals surface area contributed by atoms with Crippen LogP contribution >= 0.6 is 7.82 Å². The Morgan fingerprint density at radius 1 is 0.389 bits per heavy atom. The van der Waals surface area contributed by atoms with Crippen molar-refractivity contribution in [1.82, 2.24) is 0 Å².